The molecule has 4 heterocycles. The zero-order valence-electron chi connectivity index (χ0n) is 20.6. The molecule has 3 aromatic heterocycles. The lowest BCUT2D eigenvalue weighted by molar-refractivity contribution is -0.146. The van der Waals surface area contributed by atoms with Gasteiger partial charge in [-0.25, -0.2) is 9.97 Å². The first-order valence-electron chi connectivity index (χ1n) is 12.4. The van der Waals surface area contributed by atoms with E-state index in [1.165, 1.54) is 5.56 Å². The molecule has 8 nitrogen and oxygen atoms in total. The highest BCUT2D eigenvalue weighted by atomic mass is 35.5. The molecule has 1 aliphatic heterocycles. The van der Waals surface area contributed by atoms with E-state index in [0.29, 0.717) is 50.5 Å². The molecule has 190 valence electrons. The molecule has 36 heavy (non-hydrogen) atoms. The zero-order valence-corrected chi connectivity index (χ0v) is 21.4. The van der Waals surface area contributed by atoms with Crippen molar-refractivity contribution in [2.45, 2.75) is 64.1 Å². The highest BCUT2D eigenvalue weighted by Crippen LogP contribution is 2.40. The van der Waals surface area contributed by atoms with E-state index in [2.05, 4.69) is 29.5 Å². The van der Waals surface area contributed by atoms with E-state index >= 15 is 0 Å². The Morgan fingerprint density at radius 1 is 1.17 bits per heavy atom. The quantitative estimate of drug-likeness (QED) is 0.493. The fourth-order valence-electron chi connectivity index (χ4n) is 5.72. The van der Waals surface area contributed by atoms with Crippen LogP contribution in [0.3, 0.4) is 0 Å². The Morgan fingerprint density at radius 2 is 1.94 bits per heavy atom. The van der Waals surface area contributed by atoms with Gasteiger partial charge in [-0.1, -0.05) is 31.5 Å². The van der Waals surface area contributed by atoms with Crippen LogP contribution >= 0.6 is 11.6 Å². The molecular weight excluding hydrogens is 480 g/mol. The van der Waals surface area contributed by atoms with Gasteiger partial charge >= 0.3 is 5.97 Å². The van der Waals surface area contributed by atoms with Gasteiger partial charge in [-0.05, 0) is 55.0 Å². The lowest BCUT2D eigenvalue weighted by atomic mass is 9.79. The van der Waals surface area contributed by atoms with Gasteiger partial charge in [-0.15, -0.1) is 0 Å². The first-order valence-corrected chi connectivity index (χ1v) is 12.8. The van der Waals surface area contributed by atoms with E-state index in [9.17, 15) is 14.7 Å². The number of pyridine rings is 2. The van der Waals surface area contributed by atoms with E-state index in [4.69, 9.17) is 21.3 Å². The molecule has 9 heteroatoms. The molecule has 1 amide bonds. The van der Waals surface area contributed by atoms with Crippen LogP contribution in [0.15, 0.2) is 36.7 Å². The summed E-state index contributed by atoms with van der Waals surface area (Å²) in [7, 11) is 0. The van der Waals surface area contributed by atoms with Crippen LogP contribution in [0.1, 0.15) is 56.4 Å². The number of aliphatic carboxylic acids is 1. The van der Waals surface area contributed by atoms with Crippen molar-refractivity contribution in [3.05, 3.63) is 58.6 Å². The van der Waals surface area contributed by atoms with Crippen molar-refractivity contribution in [2.24, 2.45) is 5.92 Å². The second kappa shape index (κ2) is 9.82. The largest absolute Gasteiger partial charge is 0.481 e. The van der Waals surface area contributed by atoms with Crippen molar-refractivity contribution in [3.8, 4) is 0 Å². The maximum atomic E-state index is 13.3. The number of fused-ring (bicyclic) bond motifs is 3. The number of rotatable bonds is 6. The maximum Gasteiger partial charge on any atom is 0.306 e. The third-order valence-corrected chi connectivity index (χ3v) is 7.70. The monoisotopic (exact) mass is 510 g/mol. The van der Waals surface area contributed by atoms with Crippen LogP contribution in [0.5, 0.6) is 0 Å². The predicted molar refractivity (Wildman–Crippen MR) is 136 cm³/mol. The molecule has 0 spiro atoms. The number of carboxylic acid groups (broad SMARTS) is 1. The lowest BCUT2D eigenvalue weighted by Crippen LogP contribution is -2.47. The Morgan fingerprint density at radius 3 is 2.64 bits per heavy atom. The summed E-state index contributed by atoms with van der Waals surface area (Å²) in [5.74, 6) is -1.09. The molecule has 5 rings (SSSR count). The van der Waals surface area contributed by atoms with Crippen LogP contribution < -0.4 is 0 Å². The maximum absolute atomic E-state index is 13.3. The number of carboxylic acids is 1. The van der Waals surface area contributed by atoms with Crippen LogP contribution in [-0.4, -0.2) is 55.7 Å². The van der Waals surface area contributed by atoms with E-state index < -0.39 is 5.97 Å². The first-order chi connectivity index (χ1) is 17.2. The Balaban J connectivity index is 1.37. The second-order valence-corrected chi connectivity index (χ2v) is 10.9. The van der Waals surface area contributed by atoms with Crippen molar-refractivity contribution in [3.63, 3.8) is 0 Å². The van der Waals surface area contributed by atoms with Crippen LogP contribution in [0, 0.1) is 5.92 Å². The summed E-state index contributed by atoms with van der Waals surface area (Å²) < 4.78 is 8.14. The Hall–Kier alpha value is -2.97. The number of amides is 1. The molecule has 1 fully saturated rings. The van der Waals surface area contributed by atoms with Gasteiger partial charge < -0.3 is 19.3 Å². The molecule has 1 N–H and O–H groups in total. The normalized spacial score (nSPS) is 21.4. The summed E-state index contributed by atoms with van der Waals surface area (Å²) in [5.41, 5.74) is 3.93. The van der Waals surface area contributed by atoms with Gasteiger partial charge in [0.1, 0.15) is 17.4 Å². The summed E-state index contributed by atoms with van der Waals surface area (Å²) in [6.45, 7) is 5.98. The number of nitrogens with zero attached hydrogens (tertiary/aromatic N) is 4. The van der Waals surface area contributed by atoms with Crippen molar-refractivity contribution in [1.82, 2.24) is 19.4 Å². The molecule has 1 saturated carbocycles. The molecular formula is C27H31ClN4O4. The fourth-order valence-corrected chi connectivity index (χ4v) is 5.84. The van der Waals surface area contributed by atoms with E-state index in [1.807, 2.05) is 17.0 Å². The molecule has 0 unspecified atom stereocenters. The second-order valence-electron chi connectivity index (χ2n) is 10.5. The van der Waals surface area contributed by atoms with Gasteiger partial charge in [0.15, 0.2) is 0 Å². The van der Waals surface area contributed by atoms with Crippen LogP contribution in [0.25, 0.3) is 11.0 Å². The molecule has 3 aromatic rings. The zero-order chi connectivity index (χ0) is 25.4. The molecule has 0 bridgehead atoms. The number of hydrogen-bond donors (Lipinski definition) is 1. The van der Waals surface area contributed by atoms with E-state index in [-0.39, 0.29) is 30.0 Å². The molecule has 0 atom stereocenters. The fraction of sp³-hybridized carbons (Fsp3) is 0.481. The standard InChI is InChI=1S/C27H31ClN4O4/c1-27(2)16-31(23(33)15-36-19-8-6-18(7-9-19)26(34)35)14-21-24(27)20-4-3-11-29-25(20)32(21)13-17-5-10-22(28)30-12-17/h3-5,10-12,18-19H,6-9,13-16H2,1-2H3,(H,34,35). The summed E-state index contributed by atoms with van der Waals surface area (Å²) in [6, 6.07) is 7.80. The molecule has 1 aliphatic carbocycles. The number of ether oxygens (including phenoxy) is 1. The molecule has 0 radical (unpaired) electrons. The number of carbonyl (C=O) groups excluding carboxylic acids is 1. The smallest absolute Gasteiger partial charge is 0.306 e. The van der Waals surface area contributed by atoms with Gasteiger partial charge in [0, 0.05) is 35.4 Å². The van der Waals surface area contributed by atoms with Gasteiger partial charge in [-0.2, -0.15) is 0 Å². The predicted octanol–water partition coefficient (Wildman–Crippen LogP) is 4.41. The van der Waals surface area contributed by atoms with E-state index in [0.717, 1.165) is 22.3 Å². The Labute approximate surface area is 215 Å². The topological polar surface area (TPSA) is 97.5 Å². The minimum absolute atomic E-state index is 0.00734. The highest BCUT2D eigenvalue weighted by Gasteiger charge is 2.39. The summed E-state index contributed by atoms with van der Waals surface area (Å²) in [6.07, 6.45) is 6.05. The Bertz CT molecular complexity index is 1280. The molecule has 0 saturated heterocycles. The number of halogens is 1. The van der Waals surface area contributed by atoms with Crippen LogP contribution in [0.4, 0.5) is 0 Å². The summed E-state index contributed by atoms with van der Waals surface area (Å²) in [4.78, 5) is 35.3. The third-order valence-electron chi connectivity index (χ3n) is 7.48. The first kappa shape index (κ1) is 24.7. The average molecular weight is 511 g/mol. The van der Waals surface area contributed by atoms with Gasteiger partial charge in [0.2, 0.25) is 5.91 Å². The van der Waals surface area contributed by atoms with Crippen molar-refractivity contribution < 1.29 is 19.4 Å². The summed E-state index contributed by atoms with van der Waals surface area (Å²) >= 11 is 5.99. The minimum atomic E-state index is -0.741. The van der Waals surface area contributed by atoms with Crippen LogP contribution in [-0.2, 0) is 32.8 Å². The highest BCUT2D eigenvalue weighted by molar-refractivity contribution is 6.29. The SMILES string of the molecule is CC1(C)CN(C(=O)COC2CCC(C(=O)O)CC2)Cc2c1c1cccnc1n2Cc1ccc(Cl)nc1. The van der Waals surface area contributed by atoms with Gasteiger partial charge in [-0.3, -0.25) is 9.59 Å². The van der Waals surface area contributed by atoms with Crippen molar-refractivity contribution >= 4 is 34.5 Å². The number of aromatic nitrogens is 3. The van der Waals surface area contributed by atoms with Gasteiger partial charge in [0.05, 0.1) is 25.1 Å². The van der Waals surface area contributed by atoms with Crippen molar-refractivity contribution in [2.75, 3.05) is 13.2 Å². The Kier molecular flexibility index (Phi) is 6.74. The average Bonchev–Trinajstić information content (AvgIpc) is 3.18. The summed E-state index contributed by atoms with van der Waals surface area (Å²) in [5, 5.41) is 10.8. The van der Waals surface area contributed by atoms with Gasteiger partial charge in [0.25, 0.3) is 0 Å². The molecule has 2 aliphatic rings. The number of hydrogen-bond acceptors (Lipinski definition) is 5. The molecule has 0 aromatic carbocycles. The minimum Gasteiger partial charge on any atom is -0.481 e. The van der Waals surface area contributed by atoms with E-state index in [1.54, 1.807) is 18.5 Å². The number of carbonyl (C=O) groups is 2. The lowest BCUT2D eigenvalue weighted by Gasteiger charge is -2.39. The van der Waals surface area contributed by atoms with Crippen molar-refractivity contribution in [1.29, 1.82) is 0 Å². The van der Waals surface area contributed by atoms with Crippen LogP contribution in [0.2, 0.25) is 5.15 Å². The third kappa shape index (κ3) is 4.84.